The first-order valence-electron chi connectivity index (χ1n) is 10.5. The van der Waals surface area contributed by atoms with E-state index in [4.69, 9.17) is 0 Å². The van der Waals surface area contributed by atoms with Gasteiger partial charge in [-0.2, -0.15) is 13.2 Å². The number of amides is 3. The molecule has 1 aliphatic heterocycles. The smallest absolute Gasteiger partial charge is 0.334 e. The van der Waals surface area contributed by atoms with E-state index >= 15 is 0 Å². The average molecular weight is 448 g/mol. The number of carbonyl (C=O) groups is 2. The molecule has 2 aromatic carbocycles. The first-order valence-corrected chi connectivity index (χ1v) is 10.5. The minimum atomic E-state index is -4.33. The quantitative estimate of drug-likeness (QED) is 0.712. The van der Waals surface area contributed by atoms with Crippen LogP contribution in [0.15, 0.2) is 54.6 Å². The lowest BCUT2D eigenvalue weighted by atomic mass is 10.1. The SMILES string of the molecule is O=C(CN1CCCN(Cc2ccc(C(F)(F)F)cc2)CC1)NC(=O)NCc1ccccc1. The number of nitrogens with one attached hydrogen (secondary N) is 2. The maximum Gasteiger partial charge on any atom is 0.416 e. The zero-order valence-corrected chi connectivity index (χ0v) is 17.7. The Labute approximate surface area is 185 Å². The average Bonchev–Trinajstić information content (AvgIpc) is 2.97. The summed E-state index contributed by atoms with van der Waals surface area (Å²) < 4.78 is 38.1. The first kappa shape index (κ1) is 23.7. The zero-order valence-electron chi connectivity index (χ0n) is 17.7. The van der Waals surface area contributed by atoms with Gasteiger partial charge in [-0.1, -0.05) is 42.5 Å². The summed E-state index contributed by atoms with van der Waals surface area (Å²) in [6, 6.07) is 14.1. The third-order valence-corrected chi connectivity index (χ3v) is 5.28. The van der Waals surface area contributed by atoms with Crippen molar-refractivity contribution in [1.82, 2.24) is 20.4 Å². The highest BCUT2D eigenvalue weighted by molar-refractivity contribution is 5.95. The molecule has 3 amide bonds. The third kappa shape index (κ3) is 7.65. The molecule has 1 saturated heterocycles. The summed E-state index contributed by atoms with van der Waals surface area (Å²) in [6.07, 6.45) is -3.51. The van der Waals surface area contributed by atoms with E-state index < -0.39 is 17.8 Å². The lowest BCUT2D eigenvalue weighted by Gasteiger charge is -2.21. The number of hydrogen-bond acceptors (Lipinski definition) is 4. The van der Waals surface area contributed by atoms with Gasteiger partial charge in [-0.15, -0.1) is 0 Å². The zero-order chi connectivity index (χ0) is 23.0. The molecule has 9 heteroatoms. The highest BCUT2D eigenvalue weighted by Gasteiger charge is 2.30. The van der Waals surface area contributed by atoms with Crippen molar-refractivity contribution in [2.75, 3.05) is 32.7 Å². The van der Waals surface area contributed by atoms with Gasteiger partial charge in [0.1, 0.15) is 0 Å². The van der Waals surface area contributed by atoms with E-state index in [0.717, 1.165) is 36.2 Å². The molecule has 32 heavy (non-hydrogen) atoms. The molecule has 0 aliphatic carbocycles. The number of carbonyl (C=O) groups excluding carboxylic acids is 2. The monoisotopic (exact) mass is 448 g/mol. The number of hydrogen-bond donors (Lipinski definition) is 2. The van der Waals surface area contributed by atoms with E-state index in [1.165, 1.54) is 12.1 Å². The maximum atomic E-state index is 12.7. The van der Waals surface area contributed by atoms with Crippen molar-refractivity contribution in [1.29, 1.82) is 0 Å². The topological polar surface area (TPSA) is 64.7 Å². The van der Waals surface area contributed by atoms with Gasteiger partial charge in [0.05, 0.1) is 12.1 Å². The predicted molar refractivity (Wildman–Crippen MR) is 115 cm³/mol. The molecule has 1 heterocycles. The Hall–Kier alpha value is -2.91. The summed E-state index contributed by atoms with van der Waals surface area (Å²) in [5.74, 6) is -0.369. The third-order valence-electron chi connectivity index (χ3n) is 5.28. The minimum Gasteiger partial charge on any atom is -0.334 e. The van der Waals surface area contributed by atoms with Crippen molar-refractivity contribution in [3.05, 3.63) is 71.3 Å². The van der Waals surface area contributed by atoms with Crippen LogP contribution in [0.5, 0.6) is 0 Å². The molecule has 0 unspecified atom stereocenters. The Bertz CT molecular complexity index is 888. The van der Waals surface area contributed by atoms with E-state index in [2.05, 4.69) is 15.5 Å². The molecule has 0 atom stereocenters. The molecule has 2 aromatic rings. The highest BCUT2D eigenvalue weighted by Crippen LogP contribution is 2.29. The Morgan fingerprint density at radius 3 is 2.19 bits per heavy atom. The highest BCUT2D eigenvalue weighted by atomic mass is 19.4. The molecule has 0 aromatic heterocycles. The first-order chi connectivity index (χ1) is 15.3. The molecule has 0 radical (unpaired) electrons. The van der Waals surface area contributed by atoms with Gasteiger partial charge in [0.2, 0.25) is 5.91 Å². The van der Waals surface area contributed by atoms with E-state index in [1.807, 2.05) is 35.2 Å². The Kier molecular flexibility index (Phi) is 8.24. The molecule has 1 fully saturated rings. The van der Waals surface area contributed by atoms with Crippen LogP contribution < -0.4 is 10.6 Å². The van der Waals surface area contributed by atoms with Gasteiger partial charge >= 0.3 is 12.2 Å². The fourth-order valence-corrected chi connectivity index (χ4v) is 3.59. The lowest BCUT2D eigenvalue weighted by molar-refractivity contribution is -0.137. The largest absolute Gasteiger partial charge is 0.416 e. The van der Waals surface area contributed by atoms with Crippen LogP contribution >= 0.6 is 0 Å². The van der Waals surface area contributed by atoms with Crippen LogP contribution in [-0.4, -0.2) is 54.5 Å². The van der Waals surface area contributed by atoms with E-state index in [0.29, 0.717) is 32.7 Å². The summed E-state index contributed by atoms with van der Waals surface area (Å²) >= 11 is 0. The number of urea groups is 1. The number of alkyl halides is 3. The summed E-state index contributed by atoms with van der Waals surface area (Å²) in [4.78, 5) is 28.3. The Morgan fingerprint density at radius 2 is 1.50 bits per heavy atom. The normalized spacial score (nSPS) is 15.7. The van der Waals surface area contributed by atoms with Gasteiger partial charge in [-0.3, -0.25) is 19.9 Å². The minimum absolute atomic E-state index is 0.118. The van der Waals surface area contributed by atoms with Crippen molar-refractivity contribution in [2.24, 2.45) is 0 Å². The van der Waals surface area contributed by atoms with Crippen molar-refractivity contribution < 1.29 is 22.8 Å². The fourth-order valence-electron chi connectivity index (χ4n) is 3.59. The van der Waals surface area contributed by atoms with E-state index in [-0.39, 0.29) is 12.5 Å². The van der Waals surface area contributed by atoms with Crippen molar-refractivity contribution >= 4 is 11.9 Å². The summed E-state index contributed by atoms with van der Waals surface area (Å²) in [7, 11) is 0. The summed E-state index contributed by atoms with van der Waals surface area (Å²) in [5.41, 5.74) is 1.11. The molecule has 0 spiro atoms. The number of nitrogens with zero attached hydrogens (tertiary/aromatic N) is 2. The van der Waals surface area contributed by atoms with Crippen LogP contribution in [0.2, 0.25) is 0 Å². The molecule has 0 bridgehead atoms. The molecule has 2 N–H and O–H groups in total. The van der Waals surface area contributed by atoms with Crippen LogP contribution in [-0.2, 0) is 24.1 Å². The molecular weight excluding hydrogens is 421 g/mol. The maximum absolute atomic E-state index is 12.7. The van der Waals surface area contributed by atoms with Gasteiger partial charge in [0.15, 0.2) is 0 Å². The van der Waals surface area contributed by atoms with Crippen LogP contribution in [0.1, 0.15) is 23.1 Å². The number of benzene rings is 2. The molecule has 6 nitrogen and oxygen atoms in total. The number of imide groups is 1. The second-order valence-corrected chi connectivity index (χ2v) is 7.82. The number of rotatable bonds is 6. The van der Waals surface area contributed by atoms with E-state index in [9.17, 15) is 22.8 Å². The van der Waals surface area contributed by atoms with Gasteiger partial charge in [-0.25, -0.2) is 4.79 Å². The van der Waals surface area contributed by atoms with Crippen LogP contribution in [0.25, 0.3) is 0 Å². The van der Waals surface area contributed by atoms with Crippen molar-refractivity contribution in [3.8, 4) is 0 Å². The van der Waals surface area contributed by atoms with Gasteiger partial charge in [0, 0.05) is 26.2 Å². The predicted octanol–water partition coefficient (Wildman–Crippen LogP) is 3.24. The summed E-state index contributed by atoms with van der Waals surface area (Å²) in [5, 5.41) is 5.01. The van der Waals surface area contributed by atoms with Crippen LogP contribution in [0.4, 0.5) is 18.0 Å². The van der Waals surface area contributed by atoms with Crippen molar-refractivity contribution in [3.63, 3.8) is 0 Å². The second-order valence-electron chi connectivity index (χ2n) is 7.82. The fraction of sp³-hybridized carbons (Fsp3) is 0.391. The standard InChI is InChI=1S/C23H27F3N4O2/c24-23(25,26)20-9-7-19(8-10-20)16-29-11-4-12-30(14-13-29)17-21(31)28-22(32)27-15-18-5-2-1-3-6-18/h1-3,5-10H,4,11-17H2,(H2,27,28,31,32). The van der Waals surface area contributed by atoms with Gasteiger partial charge in [-0.05, 0) is 42.8 Å². The second kappa shape index (κ2) is 11.1. The number of halogens is 3. The van der Waals surface area contributed by atoms with Gasteiger partial charge < -0.3 is 5.32 Å². The summed E-state index contributed by atoms with van der Waals surface area (Å²) in [6.45, 7) is 3.84. The van der Waals surface area contributed by atoms with Crippen molar-refractivity contribution in [2.45, 2.75) is 25.7 Å². The van der Waals surface area contributed by atoms with E-state index in [1.54, 1.807) is 0 Å². The molecule has 1 aliphatic rings. The van der Waals surface area contributed by atoms with Gasteiger partial charge in [0.25, 0.3) is 0 Å². The van der Waals surface area contributed by atoms with Crippen LogP contribution in [0.3, 0.4) is 0 Å². The molecule has 3 rings (SSSR count). The molecule has 0 saturated carbocycles. The van der Waals surface area contributed by atoms with Crippen LogP contribution in [0, 0.1) is 0 Å². The molecular formula is C23H27F3N4O2. The molecule has 172 valence electrons. The Balaban J connectivity index is 1.39. The lowest BCUT2D eigenvalue weighted by Crippen LogP contribution is -2.45. The Morgan fingerprint density at radius 1 is 0.844 bits per heavy atom.